The summed E-state index contributed by atoms with van der Waals surface area (Å²) < 4.78 is 11.0. The summed E-state index contributed by atoms with van der Waals surface area (Å²) >= 11 is 0. The first kappa shape index (κ1) is 15.0. The van der Waals surface area contributed by atoms with Crippen LogP contribution in [0.5, 0.6) is 0 Å². The molecule has 3 aliphatic rings. The first-order chi connectivity index (χ1) is 10.0. The van der Waals surface area contributed by atoms with E-state index in [1.807, 2.05) is 6.92 Å². The van der Waals surface area contributed by atoms with Crippen LogP contribution in [-0.2, 0) is 14.3 Å². The van der Waals surface area contributed by atoms with Gasteiger partial charge >= 0.3 is 5.97 Å². The molecule has 3 rings (SSSR count). The number of aliphatic hydroxyl groups is 2. The van der Waals surface area contributed by atoms with Gasteiger partial charge < -0.3 is 19.7 Å². The van der Waals surface area contributed by atoms with E-state index in [4.69, 9.17) is 9.47 Å². The third-order valence-electron chi connectivity index (χ3n) is 4.97. The molecule has 1 saturated carbocycles. The van der Waals surface area contributed by atoms with Crippen LogP contribution in [0.3, 0.4) is 0 Å². The summed E-state index contributed by atoms with van der Waals surface area (Å²) in [6, 6.07) is 0. The lowest BCUT2D eigenvalue weighted by Gasteiger charge is -2.21. The number of cyclic esters (lactones) is 1. The number of hydrogen-bond donors (Lipinski definition) is 2. The molecule has 0 aromatic rings. The molecule has 7 atom stereocenters. The van der Waals surface area contributed by atoms with Crippen molar-refractivity contribution >= 4 is 5.97 Å². The Morgan fingerprint density at radius 3 is 2.76 bits per heavy atom. The number of epoxide rings is 1. The molecule has 118 valence electrons. The van der Waals surface area contributed by atoms with Gasteiger partial charge in [0.25, 0.3) is 0 Å². The van der Waals surface area contributed by atoms with Crippen LogP contribution in [0.4, 0.5) is 0 Å². The molecule has 1 aliphatic carbocycles. The van der Waals surface area contributed by atoms with Crippen molar-refractivity contribution in [3.05, 3.63) is 12.2 Å². The highest BCUT2D eigenvalue weighted by Crippen LogP contribution is 2.46. The number of fused-ring (bicyclic) bond motifs is 3. The van der Waals surface area contributed by atoms with Crippen LogP contribution in [0.2, 0.25) is 0 Å². The number of carbonyl (C=O) groups is 1. The van der Waals surface area contributed by atoms with Crippen molar-refractivity contribution in [1.29, 1.82) is 0 Å². The first-order valence-electron chi connectivity index (χ1n) is 7.95. The van der Waals surface area contributed by atoms with Crippen LogP contribution < -0.4 is 0 Å². The molecule has 1 saturated heterocycles. The maximum Gasteiger partial charge on any atom is 0.330 e. The van der Waals surface area contributed by atoms with E-state index in [2.05, 4.69) is 0 Å². The second-order valence-electron chi connectivity index (χ2n) is 6.62. The largest absolute Gasteiger partial charge is 0.460 e. The van der Waals surface area contributed by atoms with Crippen LogP contribution in [0.1, 0.15) is 39.0 Å². The molecule has 0 aromatic carbocycles. The standard InChI is InChI=1S/C16H24O5/c1-9-3-2-4-14-16(21-14)12-8-10(17)7-11(12)13(18)5-6-15(19)20-9/h5-6,9-14,16-18H,2-4,7-8H2,1H3/b6-5+/t9-,10+,11+,12+,13+,14-,16+/m0/s1. The van der Waals surface area contributed by atoms with E-state index in [1.54, 1.807) is 0 Å². The molecule has 0 aromatic heterocycles. The van der Waals surface area contributed by atoms with Crippen LogP contribution in [0.15, 0.2) is 12.2 Å². The Balaban J connectivity index is 1.74. The van der Waals surface area contributed by atoms with Crippen LogP contribution in [0.25, 0.3) is 0 Å². The molecular weight excluding hydrogens is 272 g/mol. The molecule has 0 spiro atoms. The predicted octanol–water partition coefficient (Wildman–Crippen LogP) is 1.17. The lowest BCUT2D eigenvalue weighted by atomic mass is 9.86. The second kappa shape index (κ2) is 6.07. The Morgan fingerprint density at radius 1 is 1.19 bits per heavy atom. The average molecular weight is 296 g/mol. The zero-order valence-electron chi connectivity index (χ0n) is 12.4. The van der Waals surface area contributed by atoms with E-state index in [0.717, 1.165) is 19.3 Å². The van der Waals surface area contributed by atoms with Crippen molar-refractivity contribution in [3.63, 3.8) is 0 Å². The molecule has 5 heteroatoms. The summed E-state index contributed by atoms with van der Waals surface area (Å²) in [7, 11) is 0. The Kier molecular flexibility index (Phi) is 4.33. The number of hydrogen-bond acceptors (Lipinski definition) is 5. The SMILES string of the molecule is C[C@H]1CCC[C@@H]2O[C@@H]2[C@@H]2C[C@H](O)C[C@H]2[C@H](O)/C=C/C(=O)O1. The molecule has 21 heavy (non-hydrogen) atoms. The van der Waals surface area contributed by atoms with Crippen LogP contribution >= 0.6 is 0 Å². The molecule has 0 radical (unpaired) electrons. The van der Waals surface area contributed by atoms with Crippen LogP contribution in [-0.4, -0.2) is 46.7 Å². The summed E-state index contributed by atoms with van der Waals surface area (Å²) in [5.74, 6) is -0.270. The topological polar surface area (TPSA) is 79.3 Å². The smallest absolute Gasteiger partial charge is 0.330 e. The van der Waals surface area contributed by atoms with E-state index in [9.17, 15) is 15.0 Å². The molecule has 0 unspecified atom stereocenters. The van der Waals surface area contributed by atoms with E-state index in [1.165, 1.54) is 12.2 Å². The fourth-order valence-electron chi connectivity index (χ4n) is 3.83. The fraction of sp³-hybridized carbons (Fsp3) is 0.812. The van der Waals surface area contributed by atoms with E-state index < -0.39 is 12.1 Å². The number of aliphatic hydroxyl groups excluding tert-OH is 2. The molecule has 0 bridgehead atoms. The highest BCUT2D eigenvalue weighted by molar-refractivity contribution is 5.82. The van der Waals surface area contributed by atoms with E-state index in [-0.39, 0.29) is 36.3 Å². The summed E-state index contributed by atoms with van der Waals surface area (Å²) in [5.41, 5.74) is 0. The number of esters is 1. The minimum absolute atomic E-state index is 0.0442. The Labute approximate surface area is 124 Å². The lowest BCUT2D eigenvalue weighted by Crippen LogP contribution is -2.26. The lowest BCUT2D eigenvalue weighted by molar-refractivity contribution is -0.142. The Bertz CT molecular complexity index is 421. The molecule has 2 aliphatic heterocycles. The van der Waals surface area contributed by atoms with Gasteiger partial charge in [0.1, 0.15) is 0 Å². The highest BCUT2D eigenvalue weighted by Gasteiger charge is 2.51. The van der Waals surface area contributed by atoms with Crippen molar-refractivity contribution < 1.29 is 24.5 Å². The van der Waals surface area contributed by atoms with E-state index in [0.29, 0.717) is 12.8 Å². The van der Waals surface area contributed by atoms with Crippen molar-refractivity contribution in [1.82, 2.24) is 0 Å². The number of ether oxygens (including phenoxy) is 2. The maximum atomic E-state index is 11.7. The van der Waals surface area contributed by atoms with Gasteiger partial charge in [-0.3, -0.25) is 0 Å². The molecule has 2 N–H and O–H groups in total. The van der Waals surface area contributed by atoms with Gasteiger partial charge in [0, 0.05) is 6.08 Å². The summed E-state index contributed by atoms with van der Waals surface area (Å²) in [5, 5.41) is 20.2. The summed E-state index contributed by atoms with van der Waals surface area (Å²) in [6.45, 7) is 1.89. The van der Waals surface area contributed by atoms with Crippen molar-refractivity contribution in [2.24, 2.45) is 11.8 Å². The zero-order valence-corrected chi connectivity index (χ0v) is 12.4. The molecule has 2 fully saturated rings. The van der Waals surface area contributed by atoms with Gasteiger partial charge in [0.15, 0.2) is 0 Å². The molecular formula is C16H24O5. The summed E-state index contributed by atoms with van der Waals surface area (Å²) in [6.07, 6.45) is 5.96. The van der Waals surface area contributed by atoms with Crippen molar-refractivity contribution in [2.45, 2.75) is 69.5 Å². The predicted molar refractivity (Wildman–Crippen MR) is 75.4 cm³/mol. The van der Waals surface area contributed by atoms with Gasteiger partial charge in [-0.05, 0) is 56.9 Å². The van der Waals surface area contributed by atoms with Gasteiger partial charge in [-0.1, -0.05) is 0 Å². The molecule has 0 amide bonds. The van der Waals surface area contributed by atoms with Crippen LogP contribution in [0, 0.1) is 11.8 Å². The zero-order chi connectivity index (χ0) is 15.0. The Morgan fingerprint density at radius 2 is 1.95 bits per heavy atom. The van der Waals surface area contributed by atoms with Gasteiger partial charge in [0.05, 0.1) is 30.5 Å². The minimum Gasteiger partial charge on any atom is -0.460 e. The Hall–Kier alpha value is -0.910. The number of carbonyl (C=O) groups excluding carboxylic acids is 1. The second-order valence-corrected chi connectivity index (χ2v) is 6.62. The van der Waals surface area contributed by atoms with Crippen molar-refractivity contribution in [3.8, 4) is 0 Å². The summed E-state index contributed by atoms with van der Waals surface area (Å²) in [4.78, 5) is 11.7. The number of rotatable bonds is 0. The third kappa shape index (κ3) is 3.47. The van der Waals surface area contributed by atoms with Gasteiger partial charge in [-0.25, -0.2) is 4.79 Å². The normalized spacial score (nSPS) is 48.9. The quantitative estimate of drug-likeness (QED) is 0.518. The minimum atomic E-state index is -0.736. The highest BCUT2D eigenvalue weighted by atomic mass is 16.6. The average Bonchev–Trinajstić information content (AvgIpc) is 3.08. The molecule has 5 nitrogen and oxygen atoms in total. The van der Waals surface area contributed by atoms with Gasteiger partial charge in [-0.15, -0.1) is 0 Å². The third-order valence-corrected chi connectivity index (χ3v) is 4.97. The van der Waals surface area contributed by atoms with Gasteiger partial charge in [-0.2, -0.15) is 0 Å². The first-order valence-corrected chi connectivity index (χ1v) is 7.95. The fourth-order valence-corrected chi connectivity index (χ4v) is 3.83. The van der Waals surface area contributed by atoms with E-state index >= 15 is 0 Å². The maximum absolute atomic E-state index is 11.7. The van der Waals surface area contributed by atoms with Gasteiger partial charge in [0.2, 0.25) is 0 Å². The van der Waals surface area contributed by atoms with Crippen molar-refractivity contribution in [2.75, 3.05) is 0 Å². The molecule has 2 heterocycles. The monoisotopic (exact) mass is 296 g/mol.